The summed E-state index contributed by atoms with van der Waals surface area (Å²) in [5.41, 5.74) is 2.16. The zero-order valence-electron chi connectivity index (χ0n) is 13.2. The average molecular weight is 343 g/mol. The second kappa shape index (κ2) is 6.46. The first kappa shape index (κ1) is 15.5. The predicted molar refractivity (Wildman–Crippen MR) is 93.3 cm³/mol. The summed E-state index contributed by atoms with van der Waals surface area (Å²) in [4.78, 5) is 15.0. The van der Waals surface area contributed by atoms with Crippen LogP contribution in [0.2, 0.25) is 5.02 Å². The Kier molecular flexibility index (Phi) is 4.17. The lowest BCUT2D eigenvalue weighted by Crippen LogP contribution is -2.52. The van der Waals surface area contributed by atoms with Crippen molar-refractivity contribution >= 4 is 17.5 Å². The summed E-state index contributed by atoms with van der Waals surface area (Å²) < 4.78 is 5.89. The Balaban J connectivity index is 1.56. The lowest BCUT2D eigenvalue weighted by Gasteiger charge is -2.37. The van der Waals surface area contributed by atoms with E-state index in [0.717, 1.165) is 30.0 Å². The second-order valence-electron chi connectivity index (χ2n) is 6.22. The van der Waals surface area contributed by atoms with Crippen LogP contribution >= 0.6 is 11.6 Å². The molecule has 0 spiro atoms. The number of nitrogens with one attached hydrogen (secondary N) is 1. The van der Waals surface area contributed by atoms with Crippen LogP contribution in [0.4, 0.5) is 0 Å². The third kappa shape index (κ3) is 2.87. The first-order valence-corrected chi connectivity index (χ1v) is 8.61. The van der Waals surface area contributed by atoms with Crippen molar-refractivity contribution in [3.63, 3.8) is 0 Å². The Bertz CT molecular complexity index is 740. The summed E-state index contributed by atoms with van der Waals surface area (Å²) in [7, 11) is 0. The molecular weight excluding hydrogens is 324 g/mol. The number of benzene rings is 2. The number of hydrogen-bond donors (Lipinski definition) is 1. The highest BCUT2D eigenvalue weighted by atomic mass is 35.5. The summed E-state index contributed by atoms with van der Waals surface area (Å²) in [6.07, 6.45) is 0.212. The number of piperazine rings is 1. The van der Waals surface area contributed by atoms with E-state index in [0.29, 0.717) is 18.0 Å². The fraction of sp³-hybridized carbons (Fsp3) is 0.316. The minimum absolute atomic E-state index is 0.0164. The van der Waals surface area contributed by atoms with Gasteiger partial charge in [-0.25, -0.2) is 0 Å². The molecule has 24 heavy (non-hydrogen) atoms. The van der Waals surface area contributed by atoms with Crippen molar-refractivity contribution in [3.05, 3.63) is 64.7 Å². The highest BCUT2D eigenvalue weighted by Gasteiger charge is 2.36. The number of carbonyl (C=O) groups is 1. The lowest BCUT2D eigenvalue weighted by atomic mass is 10.0. The molecule has 1 fully saturated rings. The van der Waals surface area contributed by atoms with E-state index in [1.54, 1.807) is 0 Å². The van der Waals surface area contributed by atoms with Gasteiger partial charge in [-0.15, -0.1) is 0 Å². The van der Waals surface area contributed by atoms with Gasteiger partial charge in [0.25, 0.3) is 5.91 Å². The SMILES string of the molecule is O=C(C1Cc2ccccc2O1)N1CCNCC1c1cccc(Cl)c1. The number of hydrogen-bond acceptors (Lipinski definition) is 3. The normalized spacial score (nSPS) is 22.8. The number of nitrogens with zero attached hydrogens (tertiary/aromatic N) is 1. The minimum atomic E-state index is -0.429. The van der Waals surface area contributed by atoms with Crippen LogP contribution in [0.5, 0.6) is 5.75 Å². The molecule has 2 atom stereocenters. The van der Waals surface area contributed by atoms with Gasteiger partial charge in [0.2, 0.25) is 0 Å². The van der Waals surface area contributed by atoms with Gasteiger partial charge in [-0.05, 0) is 29.3 Å². The van der Waals surface area contributed by atoms with E-state index < -0.39 is 6.10 Å². The van der Waals surface area contributed by atoms with Crippen LogP contribution in [0.25, 0.3) is 0 Å². The van der Waals surface area contributed by atoms with Gasteiger partial charge < -0.3 is 15.0 Å². The van der Waals surface area contributed by atoms with E-state index in [9.17, 15) is 4.79 Å². The van der Waals surface area contributed by atoms with Crippen LogP contribution in [0.3, 0.4) is 0 Å². The highest BCUT2D eigenvalue weighted by Crippen LogP contribution is 2.31. The molecule has 4 nitrogen and oxygen atoms in total. The largest absolute Gasteiger partial charge is 0.480 e. The molecule has 124 valence electrons. The Labute approximate surface area is 146 Å². The number of halogens is 1. The van der Waals surface area contributed by atoms with Crippen LogP contribution in [0.1, 0.15) is 17.2 Å². The first-order chi connectivity index (χ1) is 11.7. The van der Waals surface area contributed by atoms with Gasteiger partial charge in [-0.3, -0.25) is 4.79 Å². The molecule has 2 heterocycles. The zero-order chi connectivity index (χ0) is 16.5. The Morgan fingerprint density at radius 3 is 2.92 bits per heavy atom. The minimum Gasteiger partial charge on any atom is -0.480 e. The van der Waals surface area contributed by atoms with Crippen molar-refractivity contribution in [2.24, 2.45) is 0 Å². The van der Waals surface area contributed by atoms with E-state index in [-0.39, 0.29) is 11.9 Å². The number of carbonyl (C=O) groups excluding carboxylic acids is 1. The molecule has 1 amide bonds. The molecule has 2 aromatic rings. The maximum atomic E-state index is 13.1. The molecule has 4 rings (SSSR count). The summed E-state index contributed by atoms with van der Waals surface area (Å²) in [5, 5.41) is 4.06. The number of ether oxygens (including phenoxy) is 1. The van der Waals surface area contributed by atoms with Crippen molar-refractivity contribution < 1.29 is 9.53 Å². The zero-order valence-corrected chi connectivity index (χ0v) is 14.0. The maximum absolute atomic E-state index is 13.1. The monoisotopic (exact) mass is 342 g/mol. The van der Waals surface area contributed by atoms with Crippen molar-refractivity contribution in [1.29, 1.82) is 0 Å². The van der Waals surface area contributed by atoms with Gasteiger partial charge in [0.05, 0.1) is 6.04 Å². The molecule has 0 aliphatic carbocycles. The van der Waals surface area contributed by atoms with Gasteiger partial charge in [-0.2, -0.15) is 0 Å². The van der Waals surface area contributed by atoms with Gasteiger partial charge in [-0.1, -0.05) is 41.9 Å². The van der Waals surface area contributed by atoms with E-state index in [4.69, 9.17) is 16.3 Å². The van der Waals surface area contributed by atoms with E-state index in [2.05, 4.69) is 5.32 Å². The number of rotatable bonds is 2. The van der Waals surface area contributed by atoms with Crippen LogP contribution in [-0.4, -0.2) is 36.5 Å². The van der Waals surface area contributed by atoms with E-state index >= 15 is 0 Å². The quantitative estimate of drug-likeness (QED) is 0.912. The fourth-order valence-corrected chi connectivity index (χ4v) is 3.68. The lowest BCUT2D eigenvalue weighted by molar-refractivity contribution is -0.141. The van der Waals surface area contributed by atoms with Crippen LogP contribution in [-0.2, 0) is 11.2 Å². The molecule has 2 aliphatic heterocycles. The molecule has 0 saturated carbocycles. The summed E-state index contributed by atoms with van der Waals surface area (Å²) >= 11 is 6.13. The van der Waals surface area contributed by atoms with Crippen LogP contribution in [0.15, 0.2) is 48.5 Å². The molecule has 2 aromatic carbocycles. The fourth-order valence-electron chi connectivity index (χ4n) is 3.48. The molecule has 0 aromatic heterocycles. The first-order valence-electron chi connectivity index (χ1n) is 8.23. The molecule has 1 N–H and O–H groups in total. The standard InChI is InChI=1S/C19H19ClN2O2/c20-15-6-3-5-13(10-15)16-12-21-8-9-22(16)19(23)18-11-14-4-1-2-7-17(14)24-18/h1-7,10,16,18,21H,8-9,11-12H2. The molecule has 2 aliphatic rings. The molecule has 0 radical (unpaired) electrons. The molecule has 0 bridgehead atoms. The van der Waals surface area contributed by atoms with Gasteiger partial charge in [0.15, 0.2) is 6.10 Å². The highest BCUT2D eigenvalue weighted by molar-refractivity contribution is 6.30. The number of fused-ring (bicyclic) bond motifs is 1. The van der Waals surface area contributed by atoms with Crippen molar-refractivity contribution in [2.75, 3.05) is 19.6 Å². The third-order valence-corrected chi connectivity index (χ3v) is 4.92. The Hall–Kier alpha value is -2.04. The summed E-state index contributed by atoms with van der Waals surface area (Å²) in [6, 6.07) is 15.6. The van der Waals surface area contributed by atoms with Crippen molar-refractivity contribution in [1.82, 2.24) is 10.2 Å². The molecular formula is C19H19ClN2O2. The summed E-state index contributed by atoms with van der Waals surface area (Å²) in [6.45, 7) is 2.19. The Morgan fingerprint density at radius 2 is 2.08 bits per heavy atom. The Morgan fingerprint density at radius 1 is 1.21 bits per heavy atom. The number of para-hydroxylation sites is 1. The summed E-state index contributed by atoms with van der Waals surface area (Å²) in [5.74, 6) is 0.878. The average Bonchev–Trinajstić information content (AvgIpc) is 3.05. The van der Waals surface area contributed by atoms with Gasteiger partial charge >= 0.3 is 0 Å². The van der Waals surface area contributed by atoms with E-state index in [1.807, 2.05) is 53.4 Å². The van der Waals surface area contributed by atoms with Crippen molar-refractivity contribution in [2.45, 2.75) is 18.6 Å². The topological polar surface area (TPSA) is 41.6 Å². The maximum Gasteiger partial charge on any atom is 0.264 e. The molecule has 5 heteroatoms. The predicted octanol–water partition coefficient (Wildman–Crippen LogP) is 2.82. The van der Waals surface area contributed by atoms with Crippen LogP contribution < -0.4 is 10.1 Å². The second-order valence-corrected chi connectivity index (χ2v) is 6.66. The van der Waals surface area contributed by atoms with Gasteiger partial charge in [0, 0.05) is 31.1 Å². The van der Waals surface area contributed by atoms with Crippen molar-refractivity contribution in [3.8, 4) is 5.75 Å². The van der Waals surface area contributed by atoms with Gasteiger partial charge in [0.1, 0.15) is 5.75 Å². The smallest absolute Gasteiger partial charge is 0.264 e. The third-order valence-electron chi connectivity index (χ3n) is 4.68. The van der Waals surface area contributed by atoms with Crippen LogP contribution in [0, 0.1) is 0 Å². The molecule has 1 saturated heterocycles. The molecule has 2 unspecified atom stereocenters. The van der Waals surface area contributed by atoms with E-state index in [1.165, 1.54) is 0 Å². The number of amides is 1.